The summed E-state index contributed by atoms with van der Waals surface area (Å²) in [7, 11) is 3.49. The number of carbonyl (C=O) groups is 1. The molecular formula is C20H28N4O3. The Bertz CT molecular complexity index is 805. The van der Waals surface area contributed by atoms with Crippen molar-refractivity contribution in [3.05, 3.63) is 41.2 Å². The SMILES string of the molecule is COc1ccc(C2(O)CCN(CC(=O)Nc3c(C)nn(C)c3C)CC2)cc1. The molecule has 1 saturated heterocycles. The van der Waals surface area contributed by atoms with E-state index in [4.69, 9.17) is 4.74 Å². The number of ether oxygens (including phenoxy) is 1. The van der Waals surface area contributed by atoms with Gasteiger partial charge in [0.2, 0.25) is 5.91 Å². The van der Waals surface area contributed by atoms with Crippen LogP contribution in [0.15, 0.2) is 24.3 Å². The Labute approximate surface area is 159 Å². The van der Waals surface area contributed by atoms with E-state index in [2.05, 4.69) is 15.3 Å². The number of benzene rings is 1. The van der Waals surface area contributed by atoms with Crippen LogP contribution >= 0.6 is 0 Å². The molecule has 1 amide bonds. The van der Waals surface area contributed by atoms with Gasteiger partial charge in [0.05, 0.1) is 36.3 Å². The molecule has 1 aliphatic rings. The Morgan fingerprint density at radius 1 is 1.26 bits per heavy atom. The van der Waals surface area contributed by atoms with Crippen molar-refractivity contribution in [3.63, 3.8) is 0 Å². The molecule has 27 heavy (non-hydrogen) atoms. The van der Waals surface area contributed by atoms with Crippen LogP contribution in [0, 0.1) is 13.8 Å². The van der Waals surface area contributed by atoms with E-state index >= 15 is 0 Å². The van der Waals surface area contributed by atoms with Gasteiger partial charge in [0, 0.05) is 20.1 Å². The zero-order chi connectivity index (χ0) is 19.6. The largest absolute Gasteiger partial charge is 0.497 e. The molecule has 0 aliphatic carbocycles. The van der Waals surface area contributed by atoms with Gasteiger partial charge in [-0.15, -0.1) is 0 Å². The molecule has 0 radical (unpaired) electrons. The van der Waals surface area contributed by atoms with E-state index in [1.165, 1.54) is 0 Å². The molecule has 146 valence electrons. The second kappa shape index (κ2) is 7.70. The molecule has 1 aromatic heterocycles. The second-order valence-electron chi connectivity index (χ2n) is 7.25. The number of piperidine rings is 1. The number of aromatic nitrogens is 2. The zero-order valence-corrected chi connectivity index (χ0v) is 16.5. The van der Waals surface area contributed by atoms with Gasteiger partial charge in [-0.2, -0.15) is 5.10 Å². The number of carbonyl (C=O) groups excluding carboxylic acids is 1. The summed E-state index contributed by atoms with van der Waals surface area (Å²) < 4.78 is 6.94. The van der Waals surface area contributed by atoms with Crippen LogP contribution in [0.1, 0.15) is 29.8 Å². The summed E-state index contributed by atoms with van der Waals surface area (Å²) >= 11 is 0. The number of likely N-dealkylation sites (tertiary alicyclic amines) is 1. The molecule has 2 N–H and O–H groups in total. The number of hydrogen-bond donors (Lipinski definition) is 2. The Morgan fingerprint density at radius 3 is 2.41 bits per heavy atom. The monoisotopic (exact) mass is 372 g/mol. The van der Waals surface area contributed by atoms with Crippen LogP contribution in [0.4, 0.5) is 5.69 Å². The number of hydrogen-bond acceptors (Lipinski definition) is 5. The maximum absolute atomic E-state index is 12.4. The molecule has 0 atom stereocenters. The number of nitrogens with zero attached hydrogens (tertiary/aromatic N) is 3. The van der Waals surface area contributed by atoms with E-state index in [0.29, 0.717) is 32.5 Å². The first-order valence-electron chi connectivity index (χ1n) is 9.22. The molecule has 3 rings (SSSR count). The summed E-state index contributed by atoms with van der Waals surface area (Å²) in [5, 5.41) is 18.3. The Morgan fingerprint density at radius 2 is 1.89 bits per heavy atom. The fourth-order valence-corrected chi connectivity index (χ4v) is 3.61. The lowest BCUT2D eigenvalue weighted by molar-refractivity contribution is -0.118. The van der Waals surface area contributed by atoms with Crippen LogP contribution in [0.5, 0.6) is 5.75 Å². The average Bonchev–Trinajstić information content (AvgIpc) is 2.90. The number of methoxy groups -OCH3 is 1. The number of nitrogens with one attached hydrogen (secondary N) is 1. The van der Waals surface area contributed by atoms with Crippen molar-refractivity contribution in [2.24, 2.45) is 7.05 Å². The first-order chi connectivity index (χ1) is 12.8. The standard InChI is InChI=1S/C20H28N4O3/c1-14-19(15(2)23(3)22-14)21-18(25)13-24-11-9-20(26,10-12-24)16-5-7-17(27-4)8-6-16/h5-8,26H,9-13H2,1-4H3,(H,21,25). The number of aliphatic hydroxyl groups is 1. The fraction of sp³-hybridized carbons (Fsp3) is 0.500. The minimum absolute atomic E-state index is 0.0518. The third kappa shape index (κ3) is 4.14. The summed E-state index contributed by atoms with van der Waals surface area (Å²) in [6.07, 6.45) is 1.19. The molecule has 0 unspecified atom stereocenters. The zero-order valence-electron chi connectivity index (χ0n) is 16.5. The summed E-state index contributed by atoms with van der Waals surface area (Å²) in [5.41, 5.74) is 2.59. The molecule has 2 aromatic rings. The van der Waals surface area contributed by atoms with Crippen molar-refractivity contribution in [1.29, 1.82) is 0 Å². The quantitative estimate of drug-likeness (QED) is 0.839. The highest BCUT2D eigenvalue weighted by molar-refractivity contribution is 5.93. The summed E-state index contributed by atoms with van der Waals surface area (Å²) in [5.74, 6) is 0.724. The lowest BCUT2D eigenvalue weighted by Gasteiger charge is -2.38. The fourth-order valence-electron chi connectivity index (χ4n) is 3.61. The highest BCUT2D eigenvalue weighted by atomic mass is 16.5. The Balaban J connectivity index is 1.56. The van der Waals surface area contributed by atoms with Gasteiger partial charge in [-0.1, -0.05) is 12.1 Å². The van der Waals surface area contributed by atoms with Gasteiger partial charge >= 0.3 is 0 Å². The van der Waals surface area contributed by atoms with E-state index in [1.807, 2.05) is 45.2 Å². The minimum atomic E-state index is -0.851. The van der Waals surface area contributed by atoms with E-state index in [1.54, 1.807) is 11.8 Å². The maximum atomic E-state index is 12.4. The number of rotatable bonds is 5. The van der Waals surface area contributed by atoms with Crippen LogP contribution in [0.3, 0.4) is 0 Å². The molecule has 2 heterocycles. The van der Waals surface area contributed by atoms with Crippen molar-refractivity contribution in [2.45, 2.75) is 32.3 Å². The smallest absolute Gasteiger partial charge is 0.238 e. The third-order valence-corrected chi connectivity index (χ3v) is 5.45. The highest BCUT2D eigenvalue weighted by Gasteiger charge is 2.34. The molecule has 1 aromatic carbocycles. The van der Waals surface area contributed by atoms with Crippen LogP contribution < -0.4 is 10.1 Å². The first-order valence-corrected chi connectivity index (χ1v) is 9.22. The molecular weight excluding hydrogens is 344 g/mol. The average molecular weight is 372 g/mol. The maximum Gasteiger partial charge on any atom is 0.238 e. The lowest BCUT2D eigenvalue weighted by atomic mass is 9.84. The van der Waals surface area contributed by atoms with E-state index in [0.717, 1.165) is 28.4 Å². The van der Waals surface area contributed by atoms with Crippen molar-refractivity contribution in [2.75, 3.05) is 32.1 Å². The molecule has 1 aliphatic heterocycles. The minimum Gasteiger partial charge on any atom is -0.497 e. The van der Waals surface area contributed by atoms with Gasteiger partial charge in [-0.25, -0.2) is 0 Å². The lowest BCUT2D eigenvalue weighted by Crippen LogP contribution is -2.45. The summed E-state index contributed by atoms with van der Waals surface area (Å²) in [4.78, 5) is 14.5. The van der Waals surface area contributed by atoms with Crippen molar-refractivity contribution < 1.29 is 14.6 Å². The van der Waals surface area contributed by atoms with E-state index < -0.39 is 5.60 Å². The van der Waals surface area contributed by atoms with Gasteiger partial charge in [0.25, 0.3) is 0 Å². The Hall–Kier alpha value is -2.38. The van der Waals surface area contributed by atoms with E-state index in [-0.39, 0.29) is 5.91 Å². The van der Waals surface area contributed by atoms with Gasteiger partial charge in [0.1, 0.15) is 5.75 Å². The molecule has 0 spiro atoms. The normalized spacial score (nSPS) is 16.9. The molecule has 0 saturated carbocycles. The van der Waals surface area contributed by atoms with Gasteiger partial charge in [-0.05, 0) is 44.4 Å². The molecule has 7 heteroatoms. The third-order valence-electron chi connectivity index (χ3n) is 5.45. The molecule has 1 fully saturated rings. The highest BCUT2D eigenvalue weighted by Crippen LogP contribution is 2.33. The number of aryl methyl sites for hydroxylation is 2. The summed E-state index contributed by atoms with van der Waals surface area (Å²) in [6, 6.07) is 7.56. The molecule has 0 bridgehead atoms. The van der Waals surface area contributed by atoms with Crippen molar-refractivity contribution in [3.8, 4) is 5.75 Å². The predicted molar refractivity (Wildman–Crippen MR) is 104 cm³/mol. The van der Waals surface area contributed by atoms with Crippen LogP contribution in [-0.4, -0.2) is 52.4 Å². The number of anilines is 1. The van der Waals surface area contributed by atoms with Crippen molar-refractivity contribution >= 4 is 11.6 Å². The second-order valence-corrected chi connectivity index (χ2v) is 7.25. The van der Waals surface area contributed by atoms with Gasteiger partial charge < -0.3 is 15.2 Å². The van der Waals surface area contributed by atoms with Crippen LogP contribution in [0.2, 0.25) is 0 Å². The van der Waals surface area contributed by atoms with Crippen LogP contribution in [0.25, 0.3) is 0 Å². The predicted octanol–water partition coefficient (Wildman–Crippen LogP) is 1.97. The van der Waals surface area contributed by atoms with Gasteiger partial charge in [-0.3, -0.25) is 14.4 Å². The van der Waals surface area contributed by atoms with Crippen molar-refractivity contribution in [1.82, 2.24) is 14.7 Å². The topological polar surface area (TPSA) is 79.6 Å². The Kier molecular flexibility index (Phi) is 5.53. The van der Waals surface area contributed by atoms with Gasteiger partial charge in [0.15, 0.2) is 0 Å². The molecule has 7 nitrogen and oxygen atoms in total. The first kappa shape index (κ1) is 19.4. The summed E-state index contributed by atoms with van der Waals surface area (Å²) in [6.45, 7) is 5.47. The number of amides is 1. The van der Waals surface area contributed by atoms with E-state index in [9.17, 15) is 9.90 Å². The van der Waals surface area contributed by atoms with Crippen LogP contribution in [-0.2, 0) is 17.4 Å².